The Morgan fingerprint density at radius 2 is 1.74 bits per heavy atom. The molecule has 2 aromatic heterocycles. The van der Waals surface area contributed by atoms with E-state index < -0.39 is 10.0 Å². The van der Waals surface area contributed by atoms with E-state index in [-0.39, 0.29) is 5.56 Å². The second-order valence-corrected chi connectivity index (χ2v) is 8.90. The van der Waals surface area contributed by atoms with Crippen LogP contribution in [0.1, 0.15) is 32.0 Å². The molecule has 3 aromatic rings. The molecule has 0 bridgehead atoms. The number of H-pyrrole nitrogens is 1. The topological polar surface area (TPSA) is 108 Å². The van der Waals surface area contributed by atoms with Gasteiger partial charge in [0.25, 0.3) is 5.56 Å². The summed E-state index contributed by atoms with van der Waals surface area (Å²) in [7, 11) is -3.45. The molecule has 0 atom stereocenters. The van der Waals surface area contributed by atoms with Gasteiger partial charge in [-0.3, -0.25) is 4.79 Å². The molecule has 8 nitrogen and oxygen atoms in total. The summed E-state index contributed by atoms with van der Waals surface area (Å²) in [5.74, 6) is 1.16. The zero-order valence-corrected chi connectivity index (χ0v) is 18.7. The van der Waals surface area contributed by atoms with Crippen molar-refractivity contribution in [3.05, 3.63) is 70.3 Å². The summed E-state index contributed by atoms with van der Waals surface area (Å²) in [5.41, 5.74) is 2.21. The van der Waals surface area contributed by atoms with Crippen molar-refractivity contribution >= 4 is 15.8 Å². The molecule has 31 heavy (non-hydrogen) atoms. The van der Waals surface area contributed by atoms with E-state index in [0.29, 0.717) is 42.6 Å². The lowest BCUT2D eigenvalue weighted by Crippen LogP contribution is -2.30. The maximum absolute atomic E-state index is 12.6. The first-order valence-electron chi connectivity index (χ1n) is 10.3. The molecule has 0 spiro atoms. The van der Waals surface area contributed by atoms with E-state index >= 15 is 0 Å². The number of hydrogen-bond acceptors (Lipinski definition) is 6. The Hall–Kier alpha value is -3.04. The molecule has 1 aromatic carbocycles. The first-order valence-corrected chi connectivity index (χ1v) is 11.7. The summed E-state index contributed by atoms with van der Waals surface area (Å²) in [4.78, 5) is 23.6. The Morgan fingerprint density at radius 1 is 1.03 bits per heavy atom. The summed E-state index contributed by atoms with van der Waals surface area (Å²) in [6, 6.07) is 12.0. The third kappa shape index (κ3) is 5.36. The van der Waals surface area contributed by atoms with Gasteiger partial charge in [0.2, 0.25) is 10.0 Å². The van der Waals surface area contributed by atoms with Crippen molar-refractivity contribution in [3.63, 3.8) is 0 Å². The van der Waals surface area contributed by atoms with Crippen molar-refractivity contribution in [2.45, 2.75) is 38.6 Å². The summed E-state index contributed by atoms with van der Waals surface area (Å²) in [5, 5.41) is 3.21. The lowest BCUT2D eigenvalue weighted by atomic mass is 10.2. The van der Waals surface area contributed by atoms with E-state index in [4.69, 9.17) is 0 Å². The second kappa shape index (κ2) is 9.84. The Kier molecular flexibility index (Phi) is 7.19. The predicted octanol–water partition coefficient (Wildman–Crippen LogP) is 3.04. The van der Waals surface area contributed by atoms with Gasteiger partial charge >= 0.3 is 0 Å². The Labute approximate surface area is 182 Å². The average Bonchev–Trinajstić information content (AvgIpc) is 2.78. The lowest BCUT2D eigenvalue weighted by molar-refractivity contribution is 0.445. The first kappa shape index (κ1) is 22.6. The fraction of sp³-hybridized carbons (Fsp3) is 0.318. The largest absolute Gasteiger partial charge is 0.366 e. The number of nitrogens with one attached hydrogen (secondary N) is 2. The van der Waals surface area contributed by atoms with Crippen LogP contribution < -0.4 is 10.9 Å². The Bertz CT molecular complexity index is 1170. The number of nitrogens with zero attached hydrogens (tertiary/aromatic N) is 3. The van der Waals surface area contributed by atoms with Crippen LogP contribution in [-0.2, 0) is 23.0 Å². The minimum absolute atomic E-state index is 0.185. The molecule has 9 heteroatoms. The average molecular weight is 442 g/mol. The summed E-state index contributed by atoms with van der Waals surface area (Å²) >= 11 is 0. The number of sulfonamides is 1. The first-order chi connectivity index (χ1) is 14.9. The van der Waals surface area contributed by atoms with Crippen molar-refractivity contribution < 1.29 is 8.42 Å². The molecular formula is C22H27N5O3S. The van der Waals surface area contributed by atoms with Crippen LogP contribution in [0.25, 0.3) is 11.4 Å². The maximum Gasteiger partial charge on any atom is 0.251 e. The molecule has 0 aliphatic heterocycles. The Morgan fingerprint density at radius 3 is 2.32 bits per heavy atom. The molecule has 2 N–H and O–H groups in total. The molecule has 0 amide bonds. The molecule has 3 rings (SSSR count). The highest BCUT2D eigenvalue weighted by Gasteiger charge is 2.21. The standard InChI is InChI=1S/C22H27N5O3S/c1-4-18-13-21(28)26-22(25-18)17-9-12-20(24-15-17)23-14-16-7-10-19(11-8-16)31(29,30)27(5-2)6-3/h7-13,15H,4-6,14H2,1-3H3,(H,23,24)(H,25,26,28). The van der Waals surface area contributed by atoms with E-state index in [1.165, 1.54) is 10.4 Å². The fourth-order valence-corrected chi connectivity index (χ4v) is 4.61. The van der Waals surface area contributed by atoms with Gasteiger partial charge in [0.15, 0.2) is 0 Å². The van der Waals surface area contributed by atoms with E-state index in [2.05, 4.69) is 20.3 Å². The van der Waals surface area contributed by atoms with Crippen LogP contribution in [0.15, 0.2) is 58.4 Å². The Balaban J connectivity index is 1.67. The van der Waals surface area contributed by atoms with Crippen LogP contribution in [0.2, 0.25) is 0 Å². The summed E-state index contributed by atoms with van der Waals surface area (Å²) in [6.07, 6.45) is 2.33. The molecule has 0 unspecified atom stereocenters. The van der Waals surface area contributed by atoms with E-state index in [1.807, 2.05) is 32.9 Å². The number of aromatic nitrogens is 3. The summed E-state index contributed by atoms with van der Waals surface area (Å²) < 4.78 is 26.6. The number of aryl methyl sites for hydroxylation is 1. The van der Waals surface area contributed by atoms with Crippen LogP contribution in [0.5, 0.6) is 0 Å². The molecule has 0 saturated heterocycles. The number of rotatable bonds is 9. The van der Waals surface area contributed by atoms with Crippen molar-refractivity contribution in [1.29, 1.82) is 0 Å². The minimum Gasteiger partial charge on any atom is -0.366 e. The highest BCUT2D eigenvalue weighted by Crippen LogP contribution is 2.18. The van der Waals surface area contributed by atoms with Gasteiger partial charge in [-0.15, -0.1) is 0 Å². The highest BCUT2D eigenvalue weighted by atomic mass is 32.2. The van der Waals surface area contributed by atoms with Gasteiger partial charge in [-0.2, -0.15) is 4.31 Å². The van der Waals surface area contributed by atoms with Gasteiger partial charge in [0.1, 0.15) is 11.6 Å². The van der Waals surface area contributed by atoms with Crippen molar-refractivity contribution in [2.75, 3.05) is 18.4 Å². The highest BCUT2D eigenvalue weighted by molar-refractivity contribution is 7.89. The SMILES string of the molecule is CCc1cc(=O)[nH]c(-c2ccc(NCc3ccc(S(=O)(=O)N(CC)CC)cc3)nc2)n1. The molecule has 0 fully saturated rings. The van der Waals surface area contributed by atoms with Crippen LogP contribution in [0.3, 0.4) is 0 Å². The molecule has 0 radical (unpaired) electrons. The van der Waals surface area contributed by atoms with Crippen LogP contribution in [-0.4, -0.2) is 40.8 Å². The number of benzene rings is 1. The van der Waals surface area contributed by atoms with Crippen molar-refractivity contribution in [1.82, 2.24) is 19.3 Å². The van der Waals surface area contributed by atoms with Crippen LogP contribution in [0, 0.1) is 0 Å². The molecule has 164 valence electrons. The minimum atomic E-state index is -3.45. The van der Waals surface area contributed by atoms with Gasteiger partial charge in [-0.1, -0.05) is 32.9 Å². The molecule has 0 saturated carbocycles. The molecule has 0 aliphatic rings. The predicted molar refractivity (Wildman–Crippen MR) is 121 cm³/mol. The number of anilines is 1. The van der Waals surface area contributed by atoms with Gasteiger partial charge in [-0.25, -0.2) is 18.4 Å². The smallest absolute Gasteiger partial charge is 0.251 e. The molecular weight excluding hydrogens is 414 g/mol. The normalized spacial score (nSPS) is 11.6. The number of aromatic amines is 1. The molecule has 2 heterocycles. The van der Waals surface area contributed by atoms with Crippen molar-refractivity contribution in [2.24, 2.45) is 0 Å². The lowest BCUT2D eigenvalue weighted by Gasteiger charge is -2.18. The van der Waals surface area contributed by atoms with Crippen molar-refractivity contribution in [3.8, 4) is 11.4 Å². The van der Waals surface area contributed by atoms with E-state index in [0.717, 1.165) is 16.8 Å². The van der Waals surface area contributed by atoms with Crippen LogP contribution in [0.4, 0.5) is 5.82 Å². The zero-order chi connectivity index (χ0) is 22.4. The van der Waals surface area contributed by atoms with Crippen LogP contribution >= 0.6 is 0 Å². The molecule has 0 aliphatic carbocycles. The zero-order valence-electron chi connectivity index (χ0n) is 17.9. The monoisotopic (exact) mass is 441 g/mol. The summed E-state index contributed by atoms with van der Waals surface area (Å²) in [6.45, 7) is 6.98. The van der Waals surface area contributed by atoms with Gasteiger partial charge in [-0.05, 0) is 36.2 Å². The van der Waals surface area contributed by atoms with Gasteiger partial charge in [0, 0.05) is 43.2 Å². The third-order valence-corrected chi connectivity index (χ3v) is 7.00. The van der Waals surface area contributed by atoms with E-state index in [1.54, 1.807) is 30.5 Å². The fourth-order valence-electron chi connectivity index (χ4n) is 3.15. The quantitative estimate of drug-likeness (QED) is 0.528. The third-order valence-electron chi connectivity index (χ3n) is 4.93. The van der Waals surface area contributed by atoms with E-state index in [9.17, 15) is 13.2 Å². The van der Waals surface area contributed by atoms with Gasteiger partial charge in [0.05, 0.1) is 4.90 Å². The second-order valence-electron chi connectivity index (χ2n) is 6.96. The number of pyridine rings is 1. The number of hydrogen-bond donors (Lipinski definition) is 2. The van der Waals surface area contributed by atoms with Gasteiger partial charge < -0.3 is 10.3 Å². The maximum atomic E-state index is 12.6.